The third-order valence-electron chi connectivity index (χ3n) is 4.63. The molecule has 0 spiro atoms. The van der Waals surface area contributed by atoms with Crippen LogP contribution >= 0.6 is 11.8 Å². The van der Waals surface area contributed by atoms with E-state index in [0.29, 0.717) is 28.8 Å². The molecule has 0 radical (unpaired) electrons. The van der Waals surface area contributed by atoms with Crippen LogP contribution in [0.3, 0.4) is 0 Å². The number of aromatic carboxylic acids is 1. The number of rotatable bonds is 9. The number of carbonyl (C=O) groups is 2. The molecule has 1 aromatic heterocycles. The van der Waals surface area contributed by atoms with Crippen LogP contribution < -0.4 is 15.2 Å². The normalized spacial score (nSPS) is 10.7. The van der Waals surface area contributed by atoms with Crippen molar-refractivity contribution in [3.8, 4) is 5.75 Å². The lowest BCUT2D eigenvalue weighted by Crippen LogP contribution is -2.24. The number of carboxylic acid groups (broad SMARTS) is 1. The molecule has 9 heteroatoms. The molecule has 0 saturated heterocycles. The van der Waals surface area contributed by atoms with Gasteiger partial charge in [-0.1, -0.05) is 36.0 Å². The fourth-order valence-electron chi connectivity index (χ4n) is 3.01. The van der Waals surface area contributed by atoms with Crippen molar-refractivity contribution < 1.29 is 19.4 Å². The SMILES string of the molecule is CCn1c(COc2cccc(C)c2)nnc1SCC(=O)Nc1cccc(C(=O)[O-])c1C. The Kier molecular flexibility index (Phi) is 7.30. The van der Waals surface area contributed by atoms with E-state index in [4.69, 9.17) is 4.74 Å². The monoisotopic (exact) mass is 439 g/mol. The summed E-state index contributed by atoms with van der Waals surface area (Å²) in [5.74, 6) is -0.0182. The van der Waals surface area contributed by atoms with Crippen LogP contribution in [0.25, 0.3) is 0 Å². The second-order valence-electron chi connectivity index (χ2n) is 6.85. The van der Waals surface area contributed by atoms with Gasteiger partial charge in [-0.2, -0.15) is 0 Å². The number of thioether (sulfide) groups is 1. The van der Waals surface area contributed by atoms with Crippen molar-refractivity contribution in [1.82, 2.24) is 14.8 Å². The molecule has 8 nitrogen and oxygen atoms in total. The highest BCUT2D eigenvalue weighted by Crippen LogP contribution is 2.21. The van der Waals surface area contributed by atoms with E-state index in [1.165, 1.54) is 17.8 Å². The summed E-state index contributed by atoms with van der Waals surface area (Å²) in [7, 11) is 0. The fraction of sp³-hybridized carbons (Fsp3) is 0.273. The molecule has 0 fully saturated rings. The van der Waals surface area contributed by atoms with Crippen molar-refractivity contribution in [1.29, 1.82) is 0 Å². The number of nitrogens with one attached hydrogen (secondary N) is 1. The largest absolute Gasteiger partial charge is 0.545 e. The molecule has 0 saturated carbocycles. The number of aromatic nitrogens is 3. The lowest BCUT2D eigenvalue weighted by molar-refractivity contribution is -0.255. The van der Waals surface area contributed by atoms with Crippen LogP contribution in [0.15, 0.2) is 47.6 Å². The number of carbonyl (C=O) groups excluding carboxylic acids is 2. The molecule has 31 heavy (non-hydrogen) atoms. The molecular formula is C22H23N4O4S-. The van der Waals surface area contributed by atoms with Gasteiger partial charge in [0.1, 0.15) is 12.4 Å². The fourth-order valence-corrected chi connectivity index (χ4v) is 3.83. The highest BCUT2D eigenvalue weighted by molar-refractivity contribution is 7.99. The van der Waals surface area contributed by atoms with Crippen LogP contribution in [0.2, 0.25) is 0 Å². The second-order valence-corrected chi connectivity index (χ2v) is 7.79. The number of nitrogens with zero attached hydrogens (tertiary/aromatic N) is 3. The standard InChI is InChI=1S/C22H24N4O4S/c1-4-26-19(12-30-16-8-5-7-14(2)11-16)24-25-22(26)31-13-20(27)23-18-10-6-9-17(15(18)3)21(28)29/h5-11H,4,12-13H2,1-3H3,(H,23,27)(H,28,29)/p-1. The minimum atomic E-state index is -1.28. The van der Waals surface area contributed by atoms with Gasteiger partial charge in [0, 0.05) is 17.8 Å². The van der Waals surface area contributed by atoms with E-state index in [-0.39, 0.29) is 23.8 Å². The zero-order valence-corrected chi connectivity index (χ0v) is 18.4. The molecular weight excluding hydrogens is 416 g/mol. The summed E-state index contributed by atoms with van der Waals surface area (Å²) in [6.07, 6.45) is 0. The van der Waals surface area contributed by atoms with Crippen LogP contribution in [0.1, 0.15) is 34.2 Å². The van der Waals surface area contributed by atoms with E-state index in [2.05, 4.69) is 15.5 Å². The highest BCUT2D eigenvalue weighted by Gasteiger charge is 2.15. The topological polar surface area (TPSA) is 109 Å². The van der Waals surface area contributed by atoms with Gasteiger partial charge in [0.2, 0.25) is 5.91 Å². The summed E-state index contributed by atoms with van der Waals surface area (Å²) >= 11 is 1.25. The van der Waals surface area contributed by atoms with Crippen molar-refractivity contribution in [2.45, 2.75) is 39.1 Å². The first-order valence-electron chi connectivity index (χ1n) is 9.74. The molecule has 1 N–H and O–H groups in total. The minimum absolute atomic E-state index is 0.0504. The van der Waals surface area contributed by atoms with Crippen molar-refractivity contribution in [3.63, 3.8) is 0 Å². The highest BCUT2D eigenvalue weighted by atomic mass is 32.2. The van der Waals surface area contributed by atoms with Crippen molar-refractivity contribution in [2.75, 3.05) is 11.1 Å². The number of hydrogen-bond acceptors (Lipinski definition) is 7. The second kappa shape index (κ2) is 10.1. The molecule has 1 heterocycles. The number of carboxylic acids is 1. The smallest absolute Gasteiger partial charge is 0.234 e. The maximum atomic E-state index is 12.4. The summed E-state index contributed by atoms with van der Waals surface area (Å²) in [4.78, 5) is 23.5. The molecule has 0 atom stereocenters. The van der Waals surface area contributed by atoms with Crippen molar-refractivity contribution >= 4 is 29.3 Å². The van der Waals surface area contributed by atoms with Gasteiger partial charge in [-0.15, -0.1) is 10.2 Å². The van der Waals surface area contributed by atoms with Gasteiger partial charge in [0.25, 0.3) is 0 Å². The molecule has 2 aromatic carbocycles. The molecule has 0 aliphatic carbocycles. The average molecular weight is 440 g/mol. The van der Waals surface area contributed by atoms with Gasteiger partial charge in [0.15, 0.2) is 11.0 Å². The van der Waals surface area contributed by atoms with E-state index in [0.717, 1.165) is 11.3 Å². The van der Waals surface area contributed by atoms with E-state index in [1.54, 1.807) is 19.1 Å². The van der Waals surface area contributed by atoms with Crippen LogP contribution in [0.4, 0.5) is 5.69 Å². The third-order valence-corrected chi connectivity index (χ3v) is 5.59. The predicted molar refractivity (Wildman–Crippen MR) is 116 cm³/mol. The maximum Gasteiger partial charge on any atom is 0.234 e. The Labute approximate surface area is 184 Å². The Morgan fingerprint density at radius 1 is 1.16 bits per heavy atom. The maximum absolute atomic E-state index is 12.4. The quantitative estimate of drug-likeness (QED) is 0.510. The van der Waals surface area contributed by atoms with Gasteiger partial charge >= 0.3 is 0 Å². The number of aryl methyl sites for hydroxylation is 1. The molecule has 0 aliphatic rings. The molecule has 3 aromatic rings. The summed E-state index contributed by atoms with van der Waals surface area (Å²) in [5.41, 5.74) is 2.05. The Bertz CT molecular complexity index is 1100. The van der Waals surface area contributed by atoms with Gasteiger partial charge in [0.05, 0.1) is 11.7 Å². The zero-order valence-electron chi connectivity index (χ0n) is 17.5. The summed E-state index contributed by atoms with van der Waals surface area (Å²) < 4.78 is 7.71. The Morgan fingerprint density at radius 3 is 2.65 bits per heavy atom. The van der Waals surface area contributed by atoms with Crippen LogP contribution in [-0.4, -0.2) is 32.4 Å². The summed E-state index contributed by atoms with van der Waals surface area (Å²) in [6.45, 7) is 6.50. The Balaban J connectivity index is 1.61. The van der Waals surface area contributed by atoms with Gasteiger partial charge in [-0.3, -0.25) is 4.79 Å². The van der Waals surface area contributed by atoms with Gasteiger partial charge in [-0.25, -0.2) is 0 Å². The van der Waals surface area contributed by atoms with Gasteiger partial charge in [-0.05, 0) is 50.1 Å². The van der Waals surface area contributed by atoms with E-state index >= 15 is 0 Å². The number of anilines is 1. The Hall–Kier alpha value is -3.33. The minimum Gasteiger partial charge on any atom is -0.545 e. The molecule has 3 rings (SSSR count). The lowest BCUT2D eigenvalue weighted by Gasteiger charge is -2.13. The van der Waals surface area contributed by atoms with Crippen molar-refractivity contribution in [2.24, 2.45) is 0 Å². The zero-order chi connectivity index (χ0) is 22.4. The molecule has 0 unspecified atom stereocenters. The van der Waals surface area contributed by atoms with Gasteiger partial charge < -0.3 is 24.5 Å². The number of benzene rings is 2. The van der Waals surface area contributed by atoms with Crippen molar-refractivity contribution in [3.05, 3.63) is 65.0 Å². The summed E-state index contributed by atoms with van der Waals surface area (Å²) in [5, 5.41) is 22.9. The molecule has 1 amide bonds. The van der Waals surface area contributed by atoms with E-state index < -0.39 is 5.97 Å². The van der Waals surface area contributed by atoms with E-state index in [1.807, 2.05) is 42.7 Å². The first-order valence-corrected chi connectivity index (χ1v) is 10.7. The first kappa shape index (κ1) is 22.4. The third kappa shape index (κ3) is 5.64. The first-order chi connectivity index (χ1) is 14.9. The lowest BCUT2D eigenvalue weighted by atomic mass is 10.1. The van der Waals surface area contributed by atoms with Crippen LogP contribution in [0.5, 0.6) is 5.75 Å². The van der Waals surface area contributed by atoms with Crippen LogP contribution in [-0.2, 0) is 17.9 Å². The molecule has 0 bridgehead atoms. The average Bonchev–Trinajstić information content (AvgIpc) is 3.14. The number of hydrogen-bond donors (Lipinski definition) is 1. The molecule has 162 valence electrons. The molecule has 0 aliphatic heterocycles. The Morgan fingerprint density at radius 2 is 1.94 bits per heavy atom. The number of amides is 1. The van der Waals surface area contributed by atoms with E-state index in [9.17, 15) is 14.7 Å². The predicted octanol–water partition coefficient (Wildman–Crippen LogP) is 2.59. The van der Waals surface area contributed by atoms with Crippen LogP contribution in [0, 0.1) is 13.8 Å². The summed E-state index contributed by atoms with van der Waals surface area (Å²) in [6, 6.07) is 12.4. The number of ether oxygens (including phenoxy) is 1.